The minimum Gasteiger partial charge on any atom is -0.510 e. The number of rotatable bonds is 3. The second-order valence-corrected chi connectivity index (χ2v) is 9.31. The molecule has 9 nitrogen and oxygen atoms in total. The van der Waals surface area contributed by atoms with Crippen molar-refractivity contribution in [2.45, 2.75) is 24.5 Å². The van der Waals surface area contributed by atoms with E-state index in [0.29, 0.717) is 11.1 Å². The van der Waals surface area contributed by atoms with E-state index >= 15 is 0 Å². The Labute approximate surface area is 194 Å². The predicted molar refractivity (Wildman–Crippen MR) is 119 cm³/mol. The summed E-state index contributed by atoms with van der Waals surface area (Å²) in [5.74, 6) is -6.91. The van der Waals surface area contributed by atoms with Crippen molar-refractivity contribution in [1.82, 2.24) is 4.90 Å². The van der Waals surface area contributed by atoms with Gasteiger partial charge in [-0.1, -0.05) is 18.2 Å². The molecule has 6 N–H and O–H groups in total. The van der Waals surface area contributed by atoms with E-state index in [9.17, 15) is 34.8 Å². The number of phenolic OH excluding ortho intramolecular Hbond substituents is 1. The Bertz CT molecular complexity index is 1220. The number of fused-ring (bicyclic) bond motifs is 3. The van der Waals surface area contributed by atoms with Gasteiger partial charge in [0.05, 0.1) is 11.6 Å². The minimum atomic E-state index is -2.66. The molecule has 1 amide bonds. The molecule has 0 fully saturated rings. The average Bonchev–Trinajstić information content (AvgIpc) is 2.70. The number of aliphatic hydroxyl groups is 3. The first-order chi connectivity index (χ1) is 15.3. The molecule has 3 aliphatic carbocycles. The van der Waals surface area contributed by atoms with E-state index in [1.807, 2.05) is 0 Å². The van der Waals surface area contributed by atoms with E-state index in [-0.39, 0.29) is 34.8 Å². The first-order valence-corrected chi connectivity index (χ1v) is 10.6. The number of Topliss-reactive ketones (excluding diaryl/α,β-unsaturated/α-hetero) is 2. The zero-order chi connectivity index (χ0) is 24.6. The molecule has 0 spiro atoms. The SMILES string of the molecule is C=C(Cl)c1ccc(O)c2c1C[C@@H]1C[C@@H]3[C@@H](N(C)C)C(O)=C(C(N)=O)C(=O)[C@]3(O)C(O)=C1C2=O. The number of likely N-dealkylation sites (N-methyl/N-ethyl adjacent to an activating group) is 1. The molecule has 0 radical (unpaired) electrons. The van der Waals surface area contributed by atoms with Crippen LogP contribution in [0.4, 0.5) is 0 Å². The van der Waals surface area contributed by atoms with Crippen LogP contribution in [0.5, 0.6) is 5.75 Å². The van der Waals surface area contributed by atoms with Crippen LogP contribution < -0.4 is 5.73 Å². The molecular weight excluding hydrogens is 452 g/mol. The Morgan fingerprint density at radius 3 is 2.42 bits per heavy atom. The largest absolute Gasteiger partial charge is 0.510 e. The van der Waals surface area contributed by atoms with Gasteiger partial charge in [-0.25, -0.2) is 0 Å². The zero-order valence-corrected chi connectivity index (χ0v) is 18.7. The first-order valence-electron chi connectivity index (χ1n) is 10.2. The molecular formula is C23H23ClN2O7. The van der Waals surface area contributed by atoms with Crippen molar-refractivity contribution in [2.24, 2.45) is 17.6 Å². The number of ketones is 2. The topological polar surface area (TPSA) is 161 Å². The maximum atomic E-state index is 13.4. The van der Waals surface area contributed by atoms with Crippen LogP contribution in [0.15, 0.2) is 41.4 Å². The average molecular weight is 475 g/mol. The summed E-state index contributed by atoms with van der Waals surface area (Å²) in [5.41, 5.74) is 2.37. The molecule has 1 aromatic rings. The molecule has 0 bridgehead atoms. The number of phenols is 1. The van der Waals surface area contributed by atoms with E-state index in [1.165, 1.54) is 17.0 Å². The molecule has 10 heteroatoms. The standard InChI is InChI=1S/C23H23ClN2O7/c1-8(24)10-4-5-13(27)15-11(10)6-9-7-12-17(26(2)3)19(29)16(22(25)32)21(31)23(12,33)20(30)14(9)18(15)28/h4-5,9,12,17,27,29-30,33H,1,6-7H2,2-3H3,(H2,25,32)/t9-,12-,17-,23-/m1/s1. The second-order valence-electron chi connectivity index (χ2n) is 8.85. The minimum absolute atomic E-state index is 0.00954. The predicted octanol–water partition coefficient (Wildman–Crippen LogP) is 1.33. The maximum Gasteiger partial charge on any atom is 0.255 e. The number of carbonyl (C=O) groups is 3. The van der Waals surface area contributed by atoms with Crippen LogP contribution in [0.1, 0.15) is 27.9 Å². The lowest BCUT2D eigenvalue weighted by atomic mass is 9.58. The summed E-state index contributed by atoms with van der Waals surface area (Å²) in [7, 11) is 3.14. The van der Waals surface area contributed by atoms with Crippen molar-refractivity contribution < 1.29 is 34.8 Å². The Hall–Kier alpha value is -3.14. The smallest absolute Gasteiger partial charge is 0.255 e. The third-order valence-corrected chi connectivity index (χ3v) is 7.10. The van der Waals surface area contributed by atoms with Crippen molar-refractivity contribution in [1.29, 1.82) is 0 Å². The molecule has 4 atom stereocenters. The third kappa shape index (κ3) is 2.96. The summed E-state index contributed by atoms with van der Waals surface area (Å²) >= 11 is 6.10. The van der Waals surface area contributed by atoms with Crippen molar-refractivity contribution in [2.75, 3.05) is 14.1 Å². The van der Waals surface area contributed by atoms with Gasteiger partial charge in [-0.2, -0.15) is 0 Å². The number of primary amides is 1. The normalized spacial score (nSPS) is 29.1. The van der Waals surface area contributed by atoms with Crippen LogP contribution >= 0.6 is 11.6 Å². The Morgan fingerprint density at radius 2 is 1.88 bits per heavy atom. The molecule has 4 rings (SSSR count). The fourth-order valence-electron chi connectivity index (χ4n) is 5.50. The lowest BCUT2D eigenvalue weighted by Gasteiger charge is -2.50. The van der Waals surface area contributed by atoms with Crippen LogP contribution in [0, 0.1) is 11.8 Å². The Kier molecular flexibility index (Phi) is 5.19. The lowest BCUT2D eigenvalue weighted by molar-refractivity contribution is -0.148. The van der Waals surface area contributed by atoms with Gasteiger partial charge in [0.2, 0.25) is 5.78 Å². The van der Waals surface area contributed by atoms with Gasteiger partial charge >= 0.3 is 0 Å². The highest BCUT2D eigenvalue weighted by atomic mass is 35.5. The number of aliphatic hydroxyl groups excluding tert-OH is 2. The van der Waals surface area contributed by atoms with E-state index in [0.717, 1.165) is 0 Å². The van der Waals surface area contributed by atoms with Crippen LogP contribution in [0.25, 0.3) is 5.03 Å². The molecule has 0 aromatic heterocycles. The number of benzene rings is 1. The molecule has 0 unspecified atom stereocenters. The summed E-state index contributed by atoms with van der Waals surface area (Å²) < 4.78 is 0. The van der Waals surface area contributed by atoms with Gasteiger partial charge < -0.3 is 26.2 Å². The van der Waals surface area contributed by atoms with Crippen LogP contribution in [-0.2, 0) is 16.0 Å². The second kappa shape index (κ2) is 7.44. The zero-order valence-electron chi connectivity index (χ0n) is 17.9. The number of hydrogen-bond acceptors (Lipinski definition) is 8. The van der Waals surface area contributed by atoms with Crippen molar-refractivity contribution >= 4 is 34.1 Å². The highest BCUT2D eigenvalue weighted by Gasteiger charge is 2.63. The molecule has 3 aliphatic rings. The number of nitrogens with zero attached hydrogens (tertiary/aromatic N) is 1. The third-order valence-electron chi connectivity index (χ3n) is 6.90. The van der Waals surface area contributed by atoms with E-state index < -0.39 is 58.0 Å². The molecule has 33 heavy (non-hydrogen) atoms. The Balaban J connectivity index is 1.99. The quantitative estimate of drug-likeness (QED) is 0.410. The monoisotopic (exact) mass is 474 g/mol. The van der Waals surface area contributed by atoms with Gasteiger partial charge in [0, 0.05) is 16.5 Å². The van der Waals surface area contributed by atoms with Crippen LogP contribution in [0.2, 0.25) is 0 Å². The number of halogens is 1. The van der Waals surface area contributed by atoms with Gasteiger partial charge in [-0.05, 0) is 56.1 Å². The first kappa shape index (κ1) is 23.0. The van der Waals surface area contributed by atoms with Gasteiger partial charge in [0.15, 0.2) is 11.4 Å². The van der Waals surface area contributed by atoms with Crippen molar-refractivity contribution in [3.8, 4) is 5.75 Å². The van der Waals surface area contributed by atoms with Gasteiger partial charge in [-0.15, -0.1) is 0 Å². The summed E-state index contributed by atoms with van der Waals surface area (Å²) in [4.78, 5) is 40.1. The van der Waals surface area contributed by atoms with Crippen molar-refractivity contribution in [3.05, 3.63) is 58.1 Å². The highest BCUT2D eigenvalue weighted by molar-refractivity contribution is 6.48. The number of amides is 1. The molecule has 0 heterocycles. The molecule has 0 saturated heterocycles. The fourth-order valence-corrected chi connectivity index (χ4v) is 5.68. The summed E-state index contributed by atoms with van der Waals surface area (Å²) in [6.45, 7) is 3.70. The number of carbonyl (C=O) groups excluding carboxylic acids is 3. The lowest BCUT2D eigenvalue weighted by Crippen LogP contribution is -2.63. The summed E-state index contributed by atoms with van der Waals surface area (Å²) in [6.07, 6.45) is 0.166. The van der Waals surface area contributed by atoms with E-state index in [2.05, 4.69) is 6.58 Å². The van der Waals surface area contributed by atoms with Crippen LogP contribution in [0.3, 0.4) is 0 Å². The van der Waals surface area contributed by atoms with Gasteiger partial charge in [-0.3, -0.25) is 19.3 Å². The number of allylic oxidation sites excluding steroid dienone is 1. The van der Waals surface area contributed by atoms with Gasteiger partial charge in [0.1, 0.15) is 22.8 Å². The van der Waals surface area contributed by atoms with E-state index in [1.54, 1.807) is 14.1 Å². The van der Waals surface area contributed by atoms with Crippen molar-refractivity contribution in [3.63, 3.8) is 0 Å². The summed E-state index contributed by atoms with van der Waals surface area (Å²) in [6, 6.07) is 1.77. The molecule has 0 saturated carbocycles. The Morgan fingerprint density at radius 1 is 1.24 bits per heavy atom. The van der Waals surface area contributed by atoms with Gasteiger partial charge in [0.25, 0.3) is 5.91 Å². The highest BCUT2D eigenvalue weighted by Crippen LogP contribution is 2.52. The van der Waals surface area contributed by atoms with E-state index in [4.69, 9.17) is 17.3 Å². The maximum absolute atomic E-state index is 13.4. The molecule has 0 aliphatic heterocycles. The fraction of sp³-hybridized carbons (Fsp3) is 0.348. The molecule has 1 aromatic carbocycles. The number of hydrogen-bond donors (Lipinski definition) is 5. The number of aromatic hydroxyl groups is 1. The molecule has 174 valence electrons. The number of nitrogens with two attached hydrogens (primary N) is 1. The summed E-state index contributed by atoms with van der Waals surface area (Å²) in [5, 5.41) is 43.9. The van der Waals surface area contributed by atoms with Crippen LogP contribution in [-0.4, -0.2) is 68.5 Å².